The Morgan fingerprint density at radius 2 is 1.74 bits per heavy atom. The zero-order chi connectivity index (χ0) is 24.2. The van der Waals surface area contributed by atoms with Gasteiger partial charge in [0.1, 0.15) is 17.5 Å². The molecule has 1 amide bonds. The molecule has 1 N–H and O–H groups in total. The van der Waals surface area contributed by atoms with E-state index >= 15 is 0 Å². The first-order chi connectivity index (χ1) is 17.1. The number of ether oxygens (including phenoxy) is 2. The number of benzene rings is 3. The quantitative estimate of drug-likeness (QED) is 0.447. The van der Waals surface area contributed by atoms with Crippen LogP contribution in [0.3, 0.4) is 0 Å². The number of hydrogen-bond acceptors (Lipinski definition) is 6. The number of carbonyl (C=O) groups excluding carboxylic acids is 2. The molecule has 5 rings (SSSR count). The summed E-state index contributed by atoms with van der Waals surface area (Å²) in [7, 11) is 0. The van der Waals surface area contributed by atoms with Crippen LogP contribution in [0.2, 0.25) is 0 Å². The van der Waals surface area contributed by atoms with Crippen molar-refractivity contribution < 1.29 is 19.1 Å². The van der Waals surface area contributed by atoms with Gasteiger partial charge in [-0.2, -0.15) is 0 Å². The van der Waals surface area contributed by atoms with Crippen molar-refractivity contribution in [3.63, 3.8) is 0 Å². The van der Waals surface area contributed by atoms with E-state index in [9.17, 15) is 9.59 Å². The van der Waals surface area contributed by atoms with Crippen LogP contribution in [0.1, 0.15) is 29.7 Å². The minimum atomic E-state index is -1.08. The molecule has 0 radical (unpaired) electrons. The van der Waals surface area contributed by atoms with Gasteiger partial charge in [0, 0.05) is 13.1 Å². The number of carbonyl (C=O) groups is 2. The molecule has 0 saturated heterocycles. The fraction of sp³-hybridized carbons (Fsp3) is 0.250. The van der Waals surface area contributed by atoms with Gasteiger partial charge in [-0.1, -0.05) is 54.6 Å². The molecule has 0 unspecified atom stereocenters. The Morgan fingerprint density at radius 3 is 2.54 bits per heavy atom. The molecule has 35 heavy (non-hydrogen) atoms. The van der Waals surface area contributed by atoms with Gasteiger partial charge in [-0.3, -0.25) is 14.9 Å². The fourth-order valence-electron chi connectivity index (χ4n) is 4.53. The van der Waals surface area contributed by atoms with E-state index in [0.717, 1.165) is 13.0 Å². The summed E-state index contributed by atoms with van der Waals surface area (Å²) in [5.74, 6) is -0.301. The molecule has 3 aromatic rings. The smallest absolute Gasteiger partial charge is 0.321 e. The minimum absolute atomic E-state index is 0.186. The standard InChI is InChI=1S/C28H27N3O4/c1-2-34-27(33)24-25(20-11-8-14-23(17-20)35-22-12-4-3-5-13-22)29-28(30-26(24)32)31-16-15-19-9-6-7-10-21(19)18-31/h3-14,17,24-25H,2,15-16,18H2,1H3,(H,29,30,32)/t24-,25-/m0/s1. The second kappa shape index (κ2) is 10.0. The van der Waals surface area contributed by atoms with Crippen molar-refractivity contribution in [2.45, 2.75) is 25.9 Å². The Morgan fingerprint density at radius 1 is 1.00 bits per heavy atom. The van der Waals surface area contributed by atoms with Gasteiger partial charge in [0.05, 0.1) is 6.61 Å². The number of nitrogens with zero attached hydrogens (tertiary/aromatic N) is 2. The normalized spacial score (nSPS) is 19.3. The molecule has 0 aromatic heterocycles. The van der Waals surface area contributed by atoms with Gasteiger partial charge in [-0.15, -0.1) is 0 Å². The maximum Gasteiger partial charge on any atom is 0.321 e. The highest BCUT2D eigenvalue weighted by molar-refractivity contribution is 6.08. The highest BCUT2D eigenvalue weighted by Crippen LogP contribution is 2.34. The number of nitrogens with one attached hydrogen (secondary N) is 1. The van der Waals surface area contributed by atoms with Gasteiger partial charge in [0.15, 0.2) is 5.92 Å². The third-order valence-electron chi connectivity index (χ3n) is 6.24. The van der Waals surface area contributed by atoms with Crippen molar-refractivity contribution in [1.82, 2.24) is 10.2 Å². The summed E-state index contributed by atoms with van der Waals surface area (Å²) in [4.78, 5) is 33.0. The van der Waals surface area contributed by atoms with E-state index in [0.29, 0.717) is 29.6 Å². The number of guanidine groups is 1. The molecule has 0 spiro atoms. The number of aliphatic imine (C=N–C) groups is 1. The first kappa shape index (κ1) is 22.7. The summed E-state index contributed by atoms with van der Waals surface area (Å²) in [5, 5.41) is 2.87. The van der Waals surface area contributed by atoms with Crippen LogP contribution in [-0.2, 0) is 27.3 Å². The number of amides is 1. The zero-order valence-corrected chi connectivity index (χ0v) is 19.5. The average Bonchev–Trinajstić information content (AvgIpc) is 2.89. The van der Waals surface area contributed by atoms with Crippen molar-refractivity contribution in [2.75, 3.05) is 13.2 Å². The SMILES string of the molecule is CCOC(=O)[C@@H]1C(=O)NC(N2CCc3ccccc3C2)=N[C@H]1c1cccc(Oc2ccccc2)c1. The molecule has 178 valence electrons. The summed E-state index contributed by atoms with van der Waals surface area (Å²) in [6.07, 6.45) is 0.859. The van der Waals surface area contributed by atoms with Crippen molar-refractivity contribution in [3.8, 4) is 11.5 Å². The molecule has 2 aliphatic heterocycles. The lowest BCUT2D eigenvalue weighted by molar-refractivity contribution is -0.153. The number of fused-ring (bicyclic) bond motifs is 1. The highest BCUT2D eigenvalue weighted by Gasteiger charge is 2.42. The van der Waals surface area contributed by atoms with Crippen LogP contribution in [0, 0.1) is 5.92 Å². The Kier molecular flexibility index (Phi) is 6.48. The Labute approximate surface area is 204 Å². The van der Waals surface area contributed by atoms with E-state index in [-0.39, 0.29) is 6.61 Å². The van der Waals surface area contributed by atoms with Crippen LogP contribution >= 0.6 is 0 Å². The summed E-state index contributed by atoms with van der Waals surface area (Å²) in [6, 6.07) is 24.4. The largest absolute Gasteiger partial charge is 0.465 e. The van der Waals surface area contributed by atoms with E-state index in [1.165, 1.54) is 11.1 Å². The molecule has 7 heteroatoms. The molecule has 0 aliphatic carbocycles. The van der Waals surface area contributed by atoms with E-state index in [4.69, 9.17) is 14.5 Å². The predicted octanol–water partition coefficient (Wildman–Crippen LogP) is 4.24. The lowest BCUT2D eigenvalue weighted by atomic mass is 9.91. The van der Waals surface area contributed by atoms with Crippen LogP contribution in [0.25, 0.3) is 0 Å². The topological polar surface area (TPSA) is 80.2 Å². The highest BCUT2D eigenvalue weighted by atomic mass is 16.5. The summed E-state index contributed by atoms with van der Waals surface area (Å²) in [6.45, 7) is 3.28. The predicted molar refractivity (Wildman–Crippen MR) is 132 cm³/mol. The van der Waals surface area contributed by atoms with Crippen LogP contribution < -0.4 is 10.1 Å². The summed E-state index contributed by atoms with van der Waals surface area (Å²) >= 11 is 0. The van der Waals surface area contributed by atoms with E-state index in [1.807, 2.05) is 66.7 Å². The molecule has 0 bridgehead atoms. The number of rotatable bonds is 5. The zero-order valence-electron chi connectivity index (χ0n) is 19.5. The third kappa shape index (κ3) is 4.89. The summed E-state index contributed by atoms with van der Waals surface area (Å²) in [5.41, 5.74) is 3.22. The molecule has 7 nitrogen and oxygen atoms in total. The van der Waals surface area contributed by atoms with Crippen molar-refractivity contribution in [1.29, 1.82) is 0 Å². The second-order valence-electron chi connectivity index (χ2n) is 8.54. The number of para-hydroxylation sites is 1. The molecule has 2 atom stereocenters. The molecule has 2 heterocycles. The second-order valence-corrected chi connectivity index (χ2v) is 8.54. The lowest BCUT2D eigenvalue weighted by Crippen LogP contribution is -2.53. The van der Waals surface area contributed by atoms with Gasteiger partial charge < -0.3 is 14.4 Å². The molecular weight excluding hydrogens is 442 g/mol. The van der Waals surface area contributed by atoms with Gasteiger partial charge in [-0.25, -0.2) is 4.99 Å². The monoisotopic (exact) mass is 469 g/mol. The Bertz CT molecular complexity index is 1260. The Hall–Kier alpha value is -4.13. The number of esters is 1. The van der Waals surface area contributed by atoms with Crippen LogP contribution in [0.4, 0.5) is 0 Å². The van der Waals surface area contributed by atoms with E-state index < -0.39 is 23.8 Å². The fourth-order valence-corrected chi connectivity index (χ4v) is 4.53. The van der Waals surface area contributed by atoms with Crippen molar-refractivity contribution >= 4 is 17.8 Å². The van der Waals surface area contributed by atoms with E-state index in [2.05, 4.69) is 22.3 Å². The van der Waals surface area contributed by atoms with Crippen LogP contribution in [-0.4, -0.2) is 35.9 Å². The van der Waals surface area contributed by atoms with Crippen molar-refractivity contribution in [2.24, 2.45) is 10.9 Å². The minimum Gasteiger partial charge on any atom is -0.465 e. The number of hydrogen-bond donors (Lipinski definition) is 1. The van der Waals surface area contributed by atoms with Gasteiger partial charge in [-0.05, 0) is 54.3 Å². The molecular formula is C28H27N3O4. The molecule has 2 aliphatic rings. The average molecular weight is 470 g/mol. The maximum atomic E-state index is 13.2. The molecule has 0 saturated carbocycles. The van der Waals surface area contributed by atoms with Crippen LogP contribution in [0.15, 0.2) is 83.9 Å². The van der Waals surface area contributed by atoms with E-state index in [1.54, 1.807) is 6.92 Å². The lowest BCUT2D eigenvalue weighted by Gasteiger charge is -2.36. The maximum absolute atomic E-state index is 13.2. The van der Waals surface area contributed by atoms with Crippen molar-refractivity contribution in [3.05, 3.63) is 95.6 Å². The van der Waals surface area contributed by atoms with Gasteiger partial charge >= 0.3 is 5.97 Å². The van der Waals surface area contributed by atoms with Crippen LogP contribution in [0.5, 0.6) is 11.5 Å². The molecule has 3 aromatic carbocycles. The van der Waals surface area contributed by atoms with Gasteiger partial charge in [0.25, 0.3) is 0 Å². The first-order valence-electron chi connectivity index (χ1n) is 11.8. The summed E-state index contributed by atoms with van der Waals surface area (Å²) < 4.78 is 11.2. The molecule has 0 fully saturated rings. The van der Waals surface area contributed by atoms with Gasteiger partial charge in [0.2, 0.25) is 11.9 Å². The first-order valence-corrected chi connectivity index (χ1v) is 11.8. The Balaban J connectivity index is 1.48. The third-order valence-corrected chi connectivity index (χ3v) is 6.24.